The molecule has 0 spiro atoms. The second kappa shape index (κ2) is 18.2. The first-order valence-electron chi connectivity index (χ1n) is 18.4. The van der Waals surface area contributed by atoms with Crippen LogP contribution in [-0.2, 0) is 33.7 Å². The van der Waals surface area contributed by atoms with Gasteiger partial charge in [-0.2, -0.15) is 0 Å². The Balaban J connectivity index is 0.000000320. The van der Waals surface area contributed by atoms with Gasteiger partial charge in [-0.3, -0.25) is 19.2 Å². The predicted molar refractivity (Wildman–Crippen MR) is 224 cm³/mol. The lowest BCUT2D eigenvalue weighted by Gasteiger charge is -2.38. The Bertz CT molecular complexity index is 1800. The number of alkyl carbamates (subject to hydrolysis) is 1. The summed E-state index contributed by atoms with van der Waals surface area (Å²) in [6.07, 6.45) is -0.574. The van der Waals surface area contributed by atoms with E-state index in [9.17, 15) is 24.0 Å². The summed E-state index contributed by atoms with van der Waals surface area (Å²) in [6.45, 7) is 22.1. The Morgan fingerprint density at radius 3 is 1.55 bits per heavy atom. The van der Waals surface area contributed by atoms with Crippen LogP contribution in [-0.4, -0.2) is 69.8 Å². The number of amides is 5. The van der Waals surface area contributed by atoms with Crippen LogP contribution in [0.5, 0.6) is 0 Å². The Morgan fingerprint density at radius 2 is 1.14 bits per heavy atom. The smallest absolute Gasteiger partial charge is 0.407 e. The van der Waals surface area contributed by atoms with Crippen molar-refractivity contribution < 1.29 is 28.7 Å². The van der Waals surface area contributed by atoms with E-state index < -0.39 is 32.1 Å². The number of nitrogens with two attached hydrogens (primary N) is 1. The normalized spacial score (nSPS) is 19.7. The standard InChI is InChI=1S/C24H36N4O4S.C16H22N4O2S/c1-16(2)14-32-21(31)25-15-24(17-12-10-9-11-13-17)28(19(30)23(6,7)8)27-20(33-24)26-18(29)22(3,4)5;1-11(21)18-14-19-20(13(22)15(2,3)4)16(10-17,23-14)12-8-6-5-7-9-12/h9-13,16H,14-15H2,1-8H3,(H,25,31)(H,26,27,29);5-9H,10,17H2,1-4H3,(H,18,19,21). The molecule has 0 radical (unpaired) electrons. The molecule has 4 rings (SSSR count). The zero-order valence-corrected chi connectivity index (χ0v) is 36.2. The number of thioether (sulfide) groups is 2. The third-order valence-electron chi connectivity index (χ3n) is 8.20. The lowest BCUT2D eigenvalue weighted by Crippen LogP contribution is -2.52. The molecular formula is C40H58N8O6S2. The minimum absolute atomic E-state index is 0.0405. The molecule has 0 saturated carbocycles. The Morgan fingerprint density at radius 1 is 0.714 bits per heavy atom. The molecule has 0 bridgehead atoms. The van der Waals surface area contributed by atoms with Crippen molar-refractivity contribution in [3.8, 4) is 0 Å². The molecule has 0 aromatic heterocycles. The first-order valence-corrected chi connectivity index (χ1v) is 20.1. The van der Waals surface area contributed by atoms with E-state index in [0.29, 0.717) is 10.3 Å². The maximum absolute atomic E-state index is 13.5. The van der Waals surface area contributed by atoms with Gasteiger partial charge in [-0.25, -0.2) is 14.8 Å². The minimum atomic E-state index is -1.09. The van der Waals surface area contributed by atoms with Crippen LogP contribution in [0.2, 0.25) is 0 Å². The van der Waals surface area contributed by atoms with Crippen LogP contribution >= 0.6 is 23.5 Å². The third kappa shape index (κ3) is 11.3. The van der Waals surface area contributed by atoms with Crippen molar-refractivity contribution in [1.29, 1.82) is 0 Å². The van der Waals surface area contributed by atoms with Gasteiger partial charge in [-0.15, -0.1) is 10.2 Å². The van der Waals surface area contributed by atoms with Crippen LogP contribution in [0.3, 0.4) is 0 Å². The Kier molecular flexibility index (Phi) is 15.0. The molecule has 2 heterocycles. The van der Waals surface area contributed by atoms with E-state index in [0.717, 1.165) is 11.1 Å². The molecule has 2 unspecified atom stereocenters. The average molecular weight is 811 g/mol. The van der Waals surface area contributed by atoms with Crippen LogP contribution < -0.4 is 21.7 Å². The second-order valence-electron chi connectivity index (χ2n) is 17.0. The van der Waals surface area contributed by atoms with Gasteiger partial charge in [0.15, 0.2) is 20.1 Å². The monoisotopic (exact) mass is 810 g/mol. The van der Waals surface area contributed by atoms with Crippen LogP contribution in [0.15, 0.2) is 70.9 Å². The Labute approximate surface area is 339 Å². The van der Waals surface area contributed by atoms with E-state index in [1.165, 1.54) is 40.5 Å². The number of hydrogen-bond donors (Lipinski definition) is 4. The van der Waals surface area contributed by atoms with E-state index >= 15 is 0 Å². The van der Waals surface area contributed by atoms with Crippen LogP contribution in [0, 0.1) is 22.2 Å². The summed E-state index contributed by atoms with van der Waals surface area (Å²) in [6, 6.07) is 18.9. The van der Waals surface area contributed by atoms with Gasteiger partial charge in [0.1, 0.15) is 0 Å². The van der Waals surface area contributed by atoms with Crippen LogP contribution in [0.25, 0.3) is 0 Å². The molecule has 2 aliphatic rings. The largest absolute Gasteiger partial charge is 0.449 e. The highest BCUT2D eigenvalue weighted by atomic mass is 32.2. The molecule has 2 aliphatic heterocycles. The van der Waals surface area contributed by atoms with Crippen molar-refractivity contribution in [2.24, 2.45) is 38.1 Å². The highest BCUT2D eigenvalue weighted by Gasteiger charge is 2.52. The first kappa shape index (κ1) is 46.0. The predicted octanol–water partition coefficient (Wildman–Crippen LogP) is 6.10. The highest BCUT2D eigenvalue weighted by molar-refractivity contribution is 8.15. The third-order valence-corrected chi connectivity index (χ3v) is 10.8. The fourth-order valence-electron chi connectivity index (χ4n) is 5.08. The molecule has 0 aliphatic carbocycles. The van der Waals surface area contributed by atoms with Crippen molar-refractivity contribution in [1.82, 2.24) is 26.0 Å². The van der Waals surface area contributed by atoms with Gasteiger partial charge in [0.05, 0.1) is 13.2 Å². The molecule has 0 fully saturated rings. The molecule has 56 heavy (non-hydrogen) atoms. The molecule has 5 N–H and O–H groups in total. The van der Waals surface area contributed by atoms with Gasteiger partial charge in [0, 0.05) is 29.7 Å². The maximum Gasteiger partial charge on any atom is 0.407 e. The maximum atomic E-state index is 13.5. The van der Waals surface area contributed by atoms with Gasteiger partial charge >= 0.3 is 6.09 Å². The van der Waals surface area contributed by atoms with Crippen molar-refractivity contribution in [2.75, 3.05) is 19.7 Å². The molecule has 2 aromatic carbocycles. The van der Waals surface area contributed by atoms with E-state index in [1.54, 1.807) is 41.5 Å². The van der Waals surface area contributed by atoms with E-state index in [4.69, 9.17) is 10.5 Å². The zero-order valence-electron chi connectivity index (χ0n) is 34.6. The quantitative estimate of drug-likeness (QED) is 0.256. The van der Waals surface area contributed by atoms with E-state index in [2.05, 4.69) is 26.2 Å². The van der Waals surface area contributed by atoms with E-state index in [-0.39, 0.29) is 49.2 Å². The lowest BCUT2D eigenvalue weighted by molar-refractivity contribution is -0.143. The fourth-order valence-corrected chi connectivity index (χ4v) is 7.46. The minimum Gasteiger partial charge on any atom is -0.449 e. The van der Waals surface area contributed by atoms with Gasteiger partial charge in [0.25, 0.3) is 0 Å². The number of amidine groups is 2. The number of hydrazone groups is 2. The average Bonchev–Trinajstić information content (AvgIpc) is 3.67. The fraction of sp³-hybridized carbons (Fsp3) is 0.525. The number of carbonyl (C=O) groups is 5. The molecule has 14 nitrogen and oxygen atoms in total. The van der Waals surface area contributed by atoms with Crippen molar-refractivity contribution in [3.63, 3.8) is 0 Å². The molecule has 0 saturated heterocycles. The summed E-state index contributed by atoms with van der Waals surface area (Å²) in [5.74, 6) is -0.651. The second-order valence-corrected chi connectivity index (χ2v) is 19.5. The number of carbonyl (C=O) groups excluding carboxylic acids is 5. The summed E-state index contributed by atoms with van der Waals surface area (Å²) >= 11 is 2.52. The summed E-state index contributed by atoms with van der Waals surface area (Å²) in [5.41, 5.74) is 5.69. The summed E-state index contributed by atoms with van der Waals surface area (Å²) in [4.78, 5) is 60.8. The van der Waals surface area contributed by atoms with Gasteiger partial charge in [-0.1, -0.05) is 137 Å². The molecule has 2 atom stereocenters. The number of nitrogens with zero attached hydrogens (tertiary/aromatic N) is 4. The summed E-state index contributed by atoms with van der Waals surface area (Å²) < 4.78 is 5.27. The van der Waals surface area contributed by atoms with Gasteiger partial charge < -0.3 is 26.4 Å². The number of nitrogens with one attached hydrogen (secondary N) is 3. The summed E-state index contributed by atoms with van der Waals surface area (Å²) in [7, 11) is 0. The highest BCUT2D eigenvalue weighted by Crippen LogP contribution is 2.48. The lowest BCUT2D eigenvalue weighted by atomic mass is 9.93. The topological polar surface area (TPSA) is 188 Å². The van der Waals surface area contributed by atoms with Crippen LogP contribution in [0.1, 0.15) is 94.2 Å². The Hall–Kier alpha value is -4.41. The van der Waals surface area contributed by atoms with Crippen molar-refractivity contribution in [2.45, 2.75) is 92.8 Å². The van der Waals surface area contributed by atoms with Gasteiger partial charge in [-0.05, 0) is 40.6 Å². The van der Waals surface area contributed by atoms with Crippen molar-refractivity contribution >= 4 is 63.6 Å². The SMILES string of the molecule is CC(=O)NC1=NN(C(=O)C(C)(C)C)C(CN)(c2ccccc2)S1.CC(C)COC(=O)NCC1(c2ccccc2)SC(NC(=O)C(C)(C)C)=NN1C(=O)C(C)(C)C. The van der Waals surface area contributed by atoms with Crippen molar-refractivity contribution in [3.05, 3.63) is 71.8 Å². The first-order chi connectivity index (χ1) is 25.9. The number of hydrogen-bond acceptors (Lipinski definition) is 11. The van der Waals surface area contributed by atoms with E-state index in [1.807, 2.05) is 95.3 Å². The molecule has 16 heteroatoms. The molecular weight excluding hydrogens is 753 g/mol. The van der Waals surface area contributed by atoms with Gasteiger partial charge in [0.2, 0.25) is 23.6 Å². The zero-order chi connectivity index (χ0) is 42.3. The molecule has 5 amide bonds. The number of ether oxygens (including phenoxy) is 1. The number of benzene rings is 2. The van der Waals surface area contributed by atoms with Crippen LogP contribution in [0.4, 0.5) is 4.79 Å². The number of rotatable bonds is 7. The molecule has 306 valence electrons. The summed E-state index contributed by atoms with van der Waals surface area (Å²) in [5, 5.41) is 20.7. The molecule has 2 aromatic rings.